The second kappa shape index (κ2) is 10.7. The summed E-state index contributed by atoms with van der Waals surface area (Å²) in [6.45, 7) is 3.34. The van der Waals surface area contributed by atoms with E-state index in [2.05, 4.69) is 5.32 Å². The van der Waals surface area contributed by atoms with Crippen LogP contribution in [-0.2, 0) is 4.79 Å². The lowest BCUT2D eigenvalue weighted by atomic mass is 9.96. The number of hydrogen-bond donors (Lipinski definition) is 1. The van der Waals surface area contributed by atoms with Crippen LogP contribution in [0.15, 0.2) is 24.3 Å². The van der Waals surface area contributed by atoms with Crippen LogP contribution in [0.3, 0.4) is 0 Å². The van der Waals surface area contributed by atoms with E-state index in [1.807, 2.05) is 30.1 Å². The van der Waals surface area contributed by atoms with Crippen molar-refractivity contribution in [3.05, 3.63) is 29.3 Å². The van der Waals surface area contributed by atoms with Gasteiger partial charge in [-0.2, -0.15) is 0 Å². The summed E-state index contributed by atoms with van der Waals surface area (Å²) in [5.74, 6) is 1.63. The Morgan fingerprint density at radius 2 is 2.04 bits per heavy atom. The van der Waals surface area contributed by atoms with Crippen molar-refractivity contribution in [2.24, 2.45) is 5.92 Å². The lowest BCUT2D eigenvalue weighted by Crippen LogP contribution is -2.40. The molecule has 4 nitrogen and oxygen atoms in total. The first-order chi connectivity index (χ1) is 10.7. The number of hydrogen-bond acceptors (Lipinski definition) is 3. The highest BCUT2D eigenvalue weighted by molar-refractivity contribution is 6.32. The molecule has 6 heteroatoms. The largest absolute Gasteiger partial charge is 0.492 e. The van der Waals surface area contributed by atoms with E-state index in [9.17, 15) is 4.79 Å². The molecule has 2 rings (SSSR count). The van der Waals surface area contributed by atoms with Crippen LogP contribution in [-0.4, -0.2) is 44.1 Å². The van der Waals surface area contributed by atoms with Crippen LogP contribution >= 0.6 is 24.0 Å². The number of amides is 1. The first-order valence-electron chi connectivity index (χ1n) is 8.00. The van der Waals surface area contributed by atoms with E-state index in [1.165, 1.54) is 0 Å². The van der Waals surface area contributed by atoms with E-state index in [-0.39, 0.29) is 18.3 Å². The monoisotopic (exact) mass is 360 g/mol. The topological polar surface area (TPSA) is 41.6 Å². The molecule has 1 aliphatic heterocycles. The van der Waals surface area contributed by atoms with E-state index in [0.717, 1.165) is 38.9 Å². The molecule has 0 radical (unpaired) electrons. The van der Waals surface area contributed by atoms with Gasteiger partial charge in [0.1, 0.15) is 5.75 Å². The Morgan fingerprint density at radius 1 is 1.35 bits per heavy atom. The maximum absolute atomic E-state index is 12.2. The van der Waals surface area contributed by atoms with Gasteiger partial charge >= 0.3 is 0 Å². The Hall–Kier alpha value is -0.970. The number of carbonyl (C=O) groups is 1. The van der Waals surface area contributed by atoms with Gasteiger partial charge in [0.15, 0.2) is 0 Å². The molecule has 130 valence electrons. The van der Waals surface area contributed by atoms with Gasteiger partial charge in [-0.05, 0) is 50.9 Å². The van der Waals surface area contributed by atoms with Gasteiger partial charge in [0.05, 0.1) is 11.6 Å². The minimum atomic E-state index is 0. The summed E-state index contributed by atoms with van der Waals surface area (Å²) < 4.78 is 5.61. The second-order valence-corrected chi connectivity index (χ2v) is 6.17. The lowest BCUT2D eigenvalue weighted by Gasteiger charge is -2.32. The number of para-hydroxylation sites is 1. The number of nitrogens with zero attached hydrogens (tertiary/aromatic N) is 1. The maximum atomic E-state index is 12.2. The van der Waals surface area contributed by atoms with Gasteiger partial charge in [-0.1, -0.05) is 23.7 Å². The minimum absolute atomic E-state index is 0. The highest BCUT2D eigenvalue weighted by Gasteiger charge is 2.21. The quantitative estimate of drug-likeness (QED) is 0.757. The van der Waals surface area contributed by atoms with Gasteiger partial charge in [0.25, 0.3) is 0 Å². The summed E-state index contributed by atoms with van der Waals surface area (Å²) in [5, 5.41) is 3.82. The first kappa shape index (κ1) is 20.1. The minimum Gasteiger partial charge on any atom is -0.492 e. The van der Waals surface area contributed by atoms with E-state index < -0.39 is 0 Å². The molecule has 1 N–H and O–H groups in total. The first-order valence-corrected chi connectivity index (χ1v) is 8.38. The van der Waals surface area contributed by atoms with E-state index in [1.54, 1.807) is 6.07 Å². The highest BCUT2D eigenvalue weighted by Crippen LogP contribution is 2.23. The molecule has 1 aliphatic rings. The van der Waals surface area contributed by atoms with Crippen molar-refractivity contribution in [3.8, 4) is 5.75 Å². The summed E-state index contributed by atoms with van der Waals surface area (Å²) in [5.41, 5.74) is 0. The van der Waals surface area contributed by atoms with Crippen molar-refractivity contribution in [2.45, 2.75) is 25.7 Å². The molecule has 1 fully saturated rings. The van der Waals surface area contributed by atoms with Crippen LogP contribution in [0.4, 0.5) is 0 Å². The zero-order valence-corrected chi connectivity index (χ0v) is 15.2. The third-order valence-electron chi connectivity index (χ3n) is 4.09. The molecule has 0 saturated carbocycles. The van der Waals surface area contributed by atoms with Crippen molar-refractivity contribution in [2.75, 3.05) is 33.3 Å². The van der Waals surface area contributed by atoms with Gasteiger partial charge in [0.2, 0.25) is 5.91 Å². The molecule has 1 aromatic rings. The van der Waals surface area contributed by atoms with E-state index in [4.69, 9.17) is 16.3 Å². The van der Waals surface area contributed by atoms with Gasteiger partial charge in [-0.25, -0.2) is 0 Å². The number of halogens is 2. The molecule has 0 aromatic heterocycles. The van der Waals surface area contributed by atoms with Crippen molar-refractivity contribution < 1.29 is 9.53 Å². The fourth-order valence-electron chi connectivity index (χ4n) is 2.80. The van der Waals surface area contributed by atoms with Crippen LogP contribution in [0.2, 0.25) is 5.02 Å². The smallest absolute Gasteiger partial charge is 0.222 e. The number of benzene rings is 1. The Balaban J connectivity index is 0.00000264. The Bertz CT molecular complexity index is 477. The highest BCUT2D eigenvalue weighted by atomic mass is 35.5. The molecule has 1 saturated heterocycles. The van der Waals surface area contributed by atoms with E-state index in [0.29, 0.717) is 29.7 Å². The number of ether oxygens (including phenoxy) is 1. The SMILES string of the molecule is CNCC1CCN(C(=O)CCCOc2ccccc2Cl)CC1.Cl. The van der Waals surface area contributed by atoms with Crippen LogP contribution in [0.25, 0.3) is 0 Å². The molecular formula is C17H26Cl2N2O2. The van der Waals surface area contributed by atoms with Crippen molar-refractivity contribution in [3.63, 3.8) is 0 Å². The molecule has 0 unspecified atom stereocenters. The molecule has 23 heavy (non-hydrogen) atoms. The molecular weight excluding hydrogens is 335 g/mol. The fraction of sp³-hybridized carbons (Fsp3) is 0.588. The fourth-order valence-corrected chi connectivity index (χ4v) is 2.99. The van der Waals surface area contributed by atoms with Crippen LogP contribution in [0.5, 0.6) is 5.75 Å². The summed E-state index contributed by atoms with van der Waals surface area (Å²) in [7, 11) is 1.98. The third-order valence-corrected chi connectivity index (χ3v) is 4.40. The van der Waals surface area contributed by atoms with Crippen LogP contribution in [0.1, 0.15) is 25.7 Å². The molecule has 0 aliphatic carbocycles. The molecule has 0 bridgehead atoms. The average molecular weight is 361 g/mol. The summed E-state index contributed by atoms with van der Waals surface area (Å²) in [6, 6.07) is 7.41. The molecule has 1 amide bonds. The summed E-state index contributed by atoms with van der Waals surface area (Å²) >= 11 is 6.02. The average Bonchev–Trinajstić information content (AvgIpc) is 2.54. The van der Waals surface area contributed by atoms with Crippen molar-refractivity contribution in [1.82, 2.24) is 10.2 Å². The molecule has 0 spiro atoms. The molecule has 0 atom stereocenters. The predicted molar refractivity (Wildman–Crippen MR) is 96.7 cm³/mol. The number of piperidine rings is 1. The Labute approximate surface area is 149 Å². The van der Waals surface area contributed by atoms with Gasteiger partial charge in [-0.15, -0.1) is 12.4 Å². The summed E-state index contributed by atoms with van der Waals surface area (Å²) in [6.07, 6.45) is 3.47. The predicted octanol–water partition coefficient (Wildman–Crippen LogP) is 3.38. The second-order valence-electron chi connectivity index (χ2n) is 5.76. The third kappa shape index (κ3) is 6.58. The van der Waals surface area contributed by atoms with Crippen molar-refractivity contribution in [1.29, 1.82) is 0 Å². The number of nitrogens with one attached hydrogen (secondary N) is 1. The molecule has 1 aromatic carbocycles. The van der Waals surface area contributed by atoms with E-state index >= 15 is 0 Å². The Morgan fingerprint density at radius 3 is 2.70 bits per heavy atom. The number of likely N-dealkylation sites (tertiary alicyclic amines) is 1. The Kier molecular flexibility index (Phi) is 9.37. The van der Waals surface area contributed by atoms with Crippen LogP contribution in [0, 0.1) is 5.92 Å². The van der Waals surface area contributed by atoms with Crippen molar-refractivity contribution >= 4 is 29.9 Å². The number of rotatable bonds is 7. The number of carbonyl (C=O) groups excluding carboxylic acids is 1. The maximum Gasteiger partial charge on any atom is 0.222 e. The molecule has 1 heterocycles. The standard InChI is InChI=1S/C17H25ClN2O2.ClH/c1-19-13-14-8-10-20(11-9-14)17(21)7-4-12-22-16-6-3-2-5-15(16)18;/h2-3,5-6,14,19H,4,7-13H2,1H3;1H. The zero-order chi connectivity index (χ0) is 15.8. The van der Waals surface area contributed by atoms with Gasteiger partial charge in [-0.3, -0.25) is 4.79 Å². The zero-order valence-electron chi connectivity index (χ0n) is 13.6. The van der Waals surface area contributed by atoms with Gasteiger partial charge in [0, 0.05) is 19.5 Å². The lowest BCUT2D eigenvalue weighted by molar-refractivity contribution is -0.132. The summed E-state index contributed by atoms with van der Waals surface area (Å²) in [4.78, 5) is 14.2. The van der Waals surface area contributed by atoms with Crippen LogP contribution < -0.4 is 10.1 Å². The normalized spacial score (nSPS) is 15.1. The van der Waals surface area contributed by atoms with Gasteiger partial charge < -0.3 is 15.0 Å².